The van der Waals surface area contributed by atoms with E-state index >= 15 is 0 Å². The molecule has 0 fully saturated rings. The number of hydrogen-bond donors (Lipinski definition) is 1. The monoisotopic (exact) mass is 301 g/mol. The van der Waals surface area contributed by atoms with E-state index in [1.165, 1.54) is 9.71 Å². The average molecular weight is 301 g/mol. The molecule has 1 N–H and O–H groups in total. The van der Waals surface area contributed by atoms with Crippen molar-refractivity contribution in [2.45, 2.75) is 38.9 Å². The zero-order chi connectivity index (χ0) is 14.7. The number of hydrogen-bond acceptors (Lipinski definition) is 5. The zero-order valence-corrected chi connectivity index (χ0v) is 13.0. The summed E-state index contributed by atoms with van der Waals surface area (Å²) in [5, 5.41) is 8.90. The van der Waals surface area contributed by atoms with Crippen LogP contribution in [0.1, 0.15) is 18.9 Å². The molecule has 0 radical (unpaired) electrons. The highest BCUT2D eigenvalue weighted by atomic mass is 32.1. The molecule has 0 unspecified atom stereocenters. The molecule has 0 aliphatic carbocycles. The molecular formula is C15H19N5S. The standard InChI is InChI=1S/C15H19N5S/c1-11(18-12(2)8-20-10-16-9-17-20)7-15-19-13-5-3-4-6-14(13)21-15/h3-6,9-12,18H,7-8H2,1-2H3/t11-,12+/m1/s1. The van der Waals surface area contributed by atoms with E-state index in [0.717, 1.165) is 18.5 Å². The first kappa shape index (κ1) is 14.2. The van der Waals surface area contributed by atoms with Crippen LogP contribution in [0.3, 0.4) is 0 Å². The molecule has 0 saturated carbocycles. The number of benzene rings is 1. The Balaban J connectivity index is 1.56. The summed E-state index contributed by atoms with van der Waals surface area (Å²) in [4.78, 5) is 8.65. The van der Waals surface area contributed by atoms with Gasteiger partial charge in [-0.15, -0.1) is 11.3 Å². The highest BCUT2D eigenvalue weighted by molar-refractivity contribution is 7.18. The molecule has 1 aromatic carbocycles. The summed E-state index contributed by atoms with van der Waals surface area (Å²) in [5.74, 6) is 0. The molecule has 2 heterocycles. The number of para-hydroxylation sites is 1. The molecule has 3 rings (SSSR count). The van der Waals surface area contributed by atoms with Gasteiger partial charge < -0.3 is 5.32 Å². The van der Waals surface area contributed by atoms with Crippen LogP contribution in [0.15, 0.2) is 36.9 Å². The van der Waals surface area contributed by atoms with Gasteiger partial charge in [-0.25, -0.2) is 9.97 Å². The summed E-state index contributed by atoms with van der Waals surface area (Å²) in [5.41, 5.74) is 1.10. The second kappa shape index (κ2) is 6.32. The smallest absolute Gasteiger partial charge is 0.137 e. The second-order valence-electron chi connectivity index (χ2n) is 5.37. The van der Waals surface area contributed by atoms with Crippen LogP contribution >= 0.6 is 11.3 Å². The van der Waals surface area contributed by atoms with E-state index < -0.39 is 0 Å². The maximum Gasteiger partial charge on any atom is 0.137 e. The van der Waals surface area contributed by atoms with Crippen molar-refractivity contribution in [3.05, 3.63) is 41.9 Å². The third-order valence-corrected chi connectivity index (χ3v) is 4.37. The van der Waals surface area contributed by atoms with Gasteiger partial charge in [0.05, 0.1) is 21.8 Å². The Bertz CT molecular complexity index is 658. The van der Waals surface area contributed by atoms with Crippen LogP contribution in [0, 0.1) is 0 Å². The lowest BCUT2D eigenvalue weighted by Gasteiger charge is -2.19. The van der Waals surface area contributed by atoms with E-state index in [2.05, 4.69) is 52.4 Å². The quantitative estimate of drug-likeness (QED) is 0.760. The zero-order valence-electron chi connectivity index (χ0n) is 12.2. The van der Waals surface area contributed by atoms with Crippen molar-refractivity contribution in [3.8, 4) is 0 Å². The lowest BCUT2D eigenvalue weighted by molar-refractivity contribution is 0.405. The Kier molecular flexibility index (Phi) is 4.26. The molecule has 2 atom stereocenters. The Morgan fingerprint density at radius 1 is 1.24 bits per heavy atom. The minimum atomic E-state index is 0.344. The first-order valence-electron chi connectivity index (χ1n) is 7.13. The Hall–Kier alpha value is -1.79. The lowest BCUT2D eigenvalue weighted by Crippen LogP contribution is -2.38. The molecule has 0 spiro atoms. The maximum atomic E-state index is 4.69. The summed E-state index contributed by atoms with van der Waals surface area (Å²) in [6.45, 7) is 5.19. The van der Waals surface area contributed by atoms with E-state index in [9.17, 15) is 0 Å². The topological polar surface area (TPSA) is 55.6 Å². The molecule has 3 aromatic rings. The van der Waals surface area contributed by atoms with Gasteiger partial charge in [0.2, 0.25) is 0 Å². The van der Waals surface area contributed by atoms with Crippen LogP contribution in [0.25, 0.3) is 10.2 Å². The van der Waals surface area contributed by atoms with Crippen molar-refractivity contribution in [2.75, 3.05) is 0 Å². The molecule has 0 amide bonds. The normalized spacial score (nSPS) is 14.4. The highest BCUT2D eigenvalue weighted by Crippen LogP contribution is 2.22. The van der Waals surface area contributed by atoms with Crippen molar-refractivity contribution in [1.29, 1.82) is 0 Å². The molecule has 5 nitrogen and oxygen atoms in total. The van der Waals surface area contributed by atoms with E-state index in [1.54, 1.807) is 24.0 Å². The van der Waals surface area contributed by atoms with E-state index in [-0.39, 0.29) is 0 Å². The van der Waals surface area contributed by atoms with Gasteiger partial charge in [0.25, 0.3) is 0 Å². The number of aromatic nitrogens is 4. The molecule has 110 valence electrons. The van der Waals surface area contributed by atoms with Crippen molar-refractivity contribution in [1.82, 2.24) is 25.1 Å². The van der Waals surface area contributed by atoms with Crippen LogP contribution in [0.5, 0.6) is 0 Å². The van der Waals surface area contributed by atoms with Gasteiger partial charge >= 0.3 is 0 Å². The summed E-state index contributed by atoms with van der Waals surface area (Å²) in [6, 6.07) is 9.02. The molecule has 21 heavy (non-hydrogen) atoms. The van der Waals surface area contributed by atoms with Gasteiger partial charge in [0.15, 0.2) is 0 Å². The Morgan fingerprint density at radius 3 is 2.86 bits per heavy atom. The highest BCUT2D eigenvalue weighted by Gasteiger charge is 2.11. The van der Waals surface area contributed by atoms with Crippen LogP contribution in [0.4, 0.5) is 0 Å². The number of rotatable bonds is 6. The summed E-state index contributed by atoms with van der Waals surface area (Å²) in [7, 11) is 0. The molecule has 0 bridgehead atoms. The van der Waals surface area contributed by atoms with Crippen molar-refractivity contribution in [2.24, 2.45) is 0 Å². The largest absolute Gasteiger partial charge is 0.310 e. The summed E-state index contributed by atoms with van der Waals surface area (Å²) >= 11 is 1.78. The summed E-state index contributed by atoms with van der Waals surface area (Å²) in [6.07, 6.45) is 4.26. The van der Waals surface area contributed by atoms with E-state index in [1.807, 2.05) is 10.7 Å². The van der Waals surface area contributed by atoms with Crippen molar-refractivity contribution >= 4 is 21.6 Å². The molecule has 0 saturated heterocycles. The summed E-state index contributed by atoms with van der Waals surface area (Å²) < 4.78 is 3.11. The molecule has 6 heteroatoms. The Morgan fingerprint density at radius 2 is 2.10 bits per heavy atom. The molecule has 2 aromatic heterocycles. The van der Waals surface area contributed by atoms with Crippen LogP contribution in [-0.4, -0.2) is 31.8 Å². The van der Waals surface area contributed by atoms with Crippen molar-refractivity contribution < 1.29 is 0 Å². The first-order chi connectivity index (χ1) is 10.2. The lowest BCUT2D eigenvalue weighted by atomic mass is 10.2. The minimum absolute atomic E-state index is 0.344. The first-order valence-corrected chi connectivity index (χ1v) is 7.95. The third-order valence-electron chi connectivity index (χ3n) is 3.32. The number of thiazole rings is 1. The average Bonchev–Trinajstić information content (AvgIpc) is 3.06. The van der Waals surface area contributed by atoms with Gasteiger partial charge in [-0.3, -0.25) is 4.68 Å². The molecule has 0 aliphatic heterocycles. The third kappa shape index (κ3) is 3.65. The second-order valence-corrected chi connectivity index (χ2v) is 6.48. The van der Waals surface area contributed by atoms with Crippen LogP contribution in [-0.2, 0) is 13.0 Å². The van der Waals surface area contributed by atoms with E-state index in [4.69, 9.17) is 0 Å². The minimum Gasteiger partial charge on any atom is -0.310 e. The Labute approximate surface area is 128 Å². The molecular weight excluding hydrogens is 282 g/mol. The van der Waals surface area contributed by atoms with Gasteiger partial charge in [-0.2, -0.15) is 5.10 Å². The van der Waals surface area contributed by atoms with Crippen molar-refractivity contribution in [3.63, 3.8) is 0 Å². The maximum absolute atomic E-state index is 4.69. The van der Waals surface area contributed by atoms with E-state index in [0.29, 0.717) is 12.1 Å². The van der Waals surface area contributed by atoms with Gasteiger partial charge in [-0.1, -0.05) is 12.1 Å². The SMILES string of the molecule is C[C@H](Cc1nc2ccccc2s1)N[C@@H](C)Cn1cncn1. The fourth-order valence-electron chi connectivity index (χ4n) is 2.47. The fourth-order valence-corrected chi connectivity index (χ4v) is 3.57. The van der Waals surface area contributed by atoms with Gasteiger partial charge in [0, 0.05) is 18.5 Å². The number of nitrogens with zero attached hydrogens (tertiary/aromatic N) is 4. The predicted octanol–water partition coefficient (Wildman–Crippen LogP) is 2.50. The fraction of sp³-hybridized carbons (Fsp3) is 0.400. The molecule has 0 aliphatic rings. The van der Waals surface area contributed by atoms with Gasteiger partial charge in [-0.05, 0) is 26.0 Å². The van der Waals surface area contributed by atoms with Gasteiger partial charge in [0.1, 0.15) is 12.7 Å². The predicted molar refractivity (Wildman–Crippen MR) is 85.4 cm³/mol. The number of nitrogens with one attached hydrogen (secondary N) is 1. The van der Waals surface area contributed by atoms with Crippen LogP contribution < -0.4 is 5.32 Å². The number of fused-ring (bicyclic) bond motifs is 1. The van der Waals surface area contributed by atoms with Crippen LogP contribution in [0.2, 0.25) is 0 Å².